The van der Waals surface area contributed by atoms with Crippen molar-refractivity contribution in [3.05, 3.63) is 24.3 Å². The van der Waals surface area contributed by atoms with E-state index in [4.69, 9.17) is 4.74 Å². The Hall–Kier alpha value is -1.36. The zero-order valence-electron chi connectivity index (χ0n) is 11.3. The number of halogens is 1. The summed E-state index contributed by atoms with van der Waals surface area (Å²) in [6, 6.07) is 7.11. The molecule has 0 aromatic heterocycles. The van der Waals surface area contributed by atoms with Crippen molar-refractivity contribution in [1.29, 1.82) is 0 Å². The first kappa shape index (κ1) is 15.7. The Bertz CT molecular complexity index is 466. The van der Waals surface area contributed by atoms with Crippen molar-refractivity contribution < 1.29 is 14.3 Å². The van der Waals surface area contributed by atoms with E-state index in [1.54, 1.807) is 18.2 Å². The van der Waals surface area contributed by atoms with Crippen LogP contribution < -0.4 is 10.1 Å². The second-order valence-corrected chi connectivity index (χ2v) is 5.70. The van der Waals surface area contributed by atoms with Crippen molar-refractivity contribution in [2.24, 2.45) is 0 Å². The minimum Gasteiger partial charge on any atom is -0.488 e. The maximum Gasteiger partial charge on any atom is 0.231 e. The molecule has 0 saturated carbocycles. The number of carbonyl (C=O) groups is 2. The first-order valence-corrected chi connectivity index (χ1v) is 7.09. The normalized spacial score (nSPS) is 10.9. The summed E-state index contributed by atoms with van der Waals surface area (Å²) in [6.07, 6.45) is -0.129. The Labute approximate surface area is 121 Å². The summed E-state index contributed by atoms with van der Waals surface area (Å²) in [4.78, 5) is 22.7. The first-order chi connectivity index (χ1) is 8.80. The molecule has 0 heterocycles. The van der Waals surface area contributed by atoms with E-state index in [0.717, 1.165) is 0 Å². The van der Waals surface area contributed by atoms with Gasteiger partial charge in [-0.1, -0.05) is 22.0 Å². The Kier molecular flexibility index (Phi) is 5.54. The van der Waals surface area contributed by atoms with E-state index in [1.807, 2.05) is 26.8 Å². The standard InChI is InChI=1S/C14H18BrNO3/c1-14(2,3)19-12-6-4-5-10(7-12)16-13(18)8-11(17)9-15/h4-7H,8-9H2,1-3H3,(H,16,18). The summed E-state index contributed by atoms with van der Waals surface area (Å²) >= 11 is 3.02. The highest BCUT2D eigenvalue weighted by molar-refractivity contribution is 9.09. The van der Waals surface area contributed by atoms with E-state index in [-0.39, 0.29) is 29.0 Å². The highest BCUT2D eigenvalue weighted by Crippen LogP contribution is 2.21. The minimum absolute atomic E-state index is 0.129. The second-order valence-electron chi connectivity index (χ2n) is 5.14. The third-order valence-corrected chi connectivity index (χ3v) is 2.67. The number of hydrogen-bond donors (Lipinski definition) is 1. The van der Waals surface area contributed by atoms with Crippen molar-refractivity contribution >= 4 is 33.3 Å². The van der Waals surface area contributed by atoms with E-state index in [9.17, 15) is 9.59 Å². The highest BCUT2D eigenvalue weighted by Gasteiger charge is 2.13. The molecule has 0 aliphatic carbocycles. The van der Waals surface area contributed by atoms with Crippen LogP contribution in [-0.4, -0.2) is 22.6 Å². The van der Waals surface area contributed by atoms with Crippen LogP contribution >= 0.6 is 15.9 Å². The predicted octanol–water partition coefficient (Wildman–Crippen LogP) is 3.16. The zero-order chi connectivity index (χ0) is 14.5. The van der Waals surface area contributed by atoms with Gasteiger partial charge in [-0.3, -0.25) is 9.59 Å². The van der Waals surface area contributed by atoms with Gasteiger partial charge in [-0.2, -0.15) is 0 Å². The van der Waals surface area contributed by atoms with Crippen LogP contribution in [0.25, 0.3) is 0 Å². The number of hydrogen-bond acceptors (Lipinski definition) is 3. The molecule has 0 fully saturated rings. The molecular formula is C14H18BrNO3. The molecule has 0 saturated heterocycles. The fraction of sp³-hybridized carbons (Fsp3) is 0.429. The van der Waals surface area contributed by atoms with Gasteiger partial charge in [-0.15, -0.1) is 0 Å². The van der Waals surface area contributed by atoms with Crippen LogP contribution in [-0.2, 0) is 9.59 Å². The molecule has 1 amide bonds. The summed E-state index contributed by atoms with van der Waals surface area (Å²) in [5, 5.41) is 2.86. The van der Waals surface area contributed by atoms with Gasteiger partial charge in [0, 0.05) is 11.8 Å². The number of nitrogens with one attached hydrogen (secondary N) is 1. The molecule has 1 N–H and O–H groups in total. The van der Waals surface area contributed by atoms with Gasteiger partial charge in [-0.25, -0.2) is 0 Å². The Morgan fingerprint density at radius 2 is 2.00 bits per heavy atom. The fourth-order valence-electron chi connectivity index (χ4n) is 1.42. The quantitative estimate of drug-likeness (QED) is 0.667. The second kappa shape index (κ2) is 6.70. The van der Waals surface area contributed by atoms with Crippen LogP contribution in [0, 0.1) is 0 Å². The fourth-order valence-corrected chi connectivity index (χ4v) is 1.62. The molecule has 104 valence electrons. The largest absolute Gasteiger partial charge is 0.488 e. The number of anilines is 1. The predicted molar refractivity (Wildman–Crippen MR) is 78.9 cm³/mol. The van der Waals surface area contributed by atoms with Crippen LogP contribution in [0.3, 0.4) is 0 Å². The topological polar surface area (TPSA) is 55.4 Å². The molecule has 5 heteroatoms. The molecule has 0 unspecified atom stereocenters. The average Bonchev–Trinajstić information content (AvgIpc) is 2.26. The van der Waals surface area contributed by atoms with Gasteiger partial charge in [0.05, 0.1) is 11.8 Å². The summed E-state index contributed by atoms with van der Waals surface area (Å²) in [7, 11) is 0. The van der Waals surface area contributed by atoms with Gasteiger partial charge >= 0.3 is 0 Å². The van der Waals surface area contributed by atoms with Crippen LogP contribution in [0.2, 0.25) is 0 Å². The van der Waals surface area contributed by atoms with Crippen LogP contribution in [0.5, 0.6) is 5.75 Å². The summed E-state index contributed by atoms with van der Waals surface area (Å²) in [5.74, 6) is 0.203. The van der Waals surface area contributed by atoms with Gasteiger partial charge in [0.25, 0.3) is 0 Å². The highest BCUT2D eigenvalue weighted by atomic mass is 79.9. The van der Waals surface area contributed by atoms with Crippen LogP contribution in [0.1, 0.15) is 27.2 Å². The summed E-state index contributed by atoms with van der Waals surface area (Å²) in [5.41, 5.74) is 0.322. The molecule has 1 aromatic rings. The van der Waals surface area contributed by atoms with Gasteiger partial charge in [0.2, 0.25) is 5.91 Å². The number of rotatable bonds is 5. The Morgan fingerprint density at radius 1 is 1.32 bits per heavy atom. The van der Waals surface area contributed by atoms with E-state index < -0.39 is 0 Å². The smallest absolute Gasteiger partial charge is 0.231 e. The van der Waals surface area contributed by atoms with Crippen molar-refractivity contribution in [2.75, 3.05) is 10.6 Å². The number of ether oxygens (including phenoxy) is 1. The lowest BCUT2D eigenvalue weighted by molar-refractivity contribution is -0.123. The van der Waals surface area contributed by atoms with E-state index in [2.05, 4.69) is 21.2 Å². The van der Waals surface area contributed by atoms with E-state index >= 15 is 0 Å². The minimum atomic E-state index is -0.322. The number of benzene rings is 1. The molecule has 0 aliphatic rings. The molecule has 1 rings (SSSR count). The number of Topliss-reactive ketones (excluding diaryl/α,β-unsaturated/α-hetero) is 1. The van der Waals surface area contributed by atoms with E-state index in [1.165, 1.54) is 0 Å². The van der Waals surface area contributed by atoms with Gasteiger partial charge in [0.1, 0.15) is 11.4 Å². The summed E-state index contributed by atoms with van der Waals surface area (Å²) in [6.45, 7) is 5.85. The van der Waals surface area contributed by atoms with Gasteiger partial charge < -0.3 is 10.1 Å². The van der Waals surface area contributed by atoms with Crippen molar-refractivity contribution in [3.8, 4) is 5.75 Å². The molecule has 0 spiro atoms. The lowest BCUT2D eigenvalue weighted by atomic mass is 10.2. The molecular weight excluding hydrogens is 310 g/mol. The van der Waals surface area contributed by atoms with Gasteiger partial charge in [-0.05, 0) is 32.9 Å². The Morgan fingerprint density at radius 3 is 2.58 bits per heavy atom. The van der Waals surface area contributed by atoms with Crippen molar-refractivity contribution in [2.45, 2.75) is 32.8 Å². The molecule has 0 bridgehead atoms. The maximum absolute atomic E-state index is 11.6. The zero-order valence-corrected chi connectivity index (χ0v) is 12.9. The number of carbonyl (C=O) groups excluding carboxylic acids is 2. The van der Waals surface area contributed by atoms with Crippen molar-refractivity contribution in [3.63, 3.8) is 0 Å². The molecule has 0 atom stereocenters. The lowest BCUT2D eigenvalue weighted by Crippen LogP contribution is -2.23. The van der Waals surface area contributed by atoms with Crippen molar-refractivity contribution in [1.82, 2.24) is 0 Å². The Balaban J connectivity index is 2.67. The number of ketones is 1. The lowest BCUT2D eigenvalue weighted by Gasteiger charge is -2.21. The van der Waals surface area contributed by atoms with Gasteiger partial charge in [0.15, 0.2) is 5.78 Å². The van der Waals surface area contributed by atoms with E-state index in [0.29, 0.717) is 11.4 Å². The molecule has 1 aromatic carbocycles. The number of amides is 1. The number of alkyl halides is 1. The first-order valence-electron chi connectivity index (χ1n) is 5.97. The third-order valence-electron chi connectivity index (χ3n) is 2.05. The SMILES string of the molecule is CC(C)(C)Oc1cccc(NC(=O)CC(=O)CBr)c1. The molecule has 19 heavy (non-hydrogen) atoms. The van der Waals surface area contributed by atoms with Crippen LogP contribution in [0.4, 0.5) is 5.69 Å². The molecule has 0 radical (unpaired) electrons. The summed E-state index contributed by atoms with van der Waals surface area (Å²) < 4.78 is 5.70. The maximum atomic E-state index is 11.6. The third kappa shape index (κ3) is 6.38. The monoisotopic (exact) mass is 327 g/mol. The van der Waals surface area contributed by atoms with Crippen LogP contribution in [0.15, 0.2) is 24.3 Å². The molecule has 0 aliphatic heterocycles. The average molecular weight is 328 g/mol. The molecule has 4 nitrogen and oxygen atoms in total.